The second-order valence-electron chi connectivity index (χ2n) is 4.15. The third-order valence-corrected chi connectivity index (χ3v) is 2.86. The quantitative estimate of drug-likeness (QED) is 0.791. The first-order chi connectivity index (χ1) is 8.27. The van der Waals surface area contributed by atoms with Crippen LogP contribution in [0.3, 0.4) is 0 Å². The van der Waals surface area contributed by atoms with Crippen LogP contribution in [0.2, 0.25) is 0 Å². The third-order valence-electron chi connectivity index (χ3n) is 2.86. The van der Waals surface area contributed by atoms with Gasteiger partial charge in [-0.3, -0.25) is 4.98 Å². The lowest BCUT2D eigenvalue weighted by Gasteiger charge is -2.06. The highest BCUT2D eigenvalue weighted by Crippen LogP contribution is 2.02. The topological polar surface area (TPSA) is 42.7 Å². The SMILES string of the molecule is Cc1cccnc1CNCCc1nccn1C. The van der Waals surface area contributed by atoms with E-state index < -0.39 is 0 Å². The fraction of sp³-hybridized carbons (Fsp3) is 0.385. The van der Waals surface area contributed by atoms with Crippen LogP contribution < -0.4 is 5.32 Å². The first-order valence-corrected chi connectivity index (χ1v) is 5.85. The van der Waals surface area contributed by atoms with Gasteiger partial charge in [-0.2, -0.15) is 0 Å². The zero-order valence-corrected chi connectivity index (χ0v) is 10.3. The molecule has 0 atom stereocenters. The van der Waals surface area contributed by atoms with Gasteiger partial charge in [-0.1, -0.05) is 6.07 Å². The number of imidazole rings is 1. The molecule has 0 fully saturated rings. The van der Waals surface area contributed by atoms with Gasteiger partial charge in [-0.05, 0) is 18.6 Å². The van der Waals surface area contributed by atoms with Crippen LogP contribution in [0, 0.1) is 6.92 Å². The summed E-state index contributed by atoms with van der Waals surface area (Å²) in [6.45, 7) is 3.82. The van der Waals surface area contributed by atoms with Crippen molar-refractivity contribution in [2.45, 2.75) is 19.9 Å². The third kappa shape index (κ3) is 3.14. The number of pyridine rings is 1. The highest BCUT2D eigenvalue weighted by Gasteiger charge is 2.00. The molecule has 0 spiro atoms. The number of nitrogens with zero attached hydrogens (tertiary/aromatic N) is 3. The molecule has 2 rings (SSSR count). The highest BCUT2D eigenvalue weighted by molar-refractivity contribution is 5.17. The van der Waals surface area contributed by atoms with Gasteiger partial charge in [0.25, 0.3) is 0 Å². The van der Waals surface area contributed by atoms with Crippen LogP contribution in [0.15, 0.2) is 30.7 Å². The lowest BCUT2D eigenvalue weighted by Crippen LogP contribution is -2.19. The molecule has 4 heteroatoms. The van der Waals surface area contributed by atoms with E-state index in [-0.39, 0.29) is 0 Å². The summed E-state index contributed by atoms with van der Waals surface area (Å²) >= 11 is 0. The zero-order valence-electron chi connectivity index (χ0n) is 10.3. The van der Waals surface area contributed by atoms with Gasteiger partial charge in [0, 0.05) is 45.1 Å². The first-order valence-electron chi connectivity index (χ1n) is 5.85. The molecule has 0 saturated heterocycles. The first kappa shape index (κ1) is 11.8. The van der Waals surface area contributed by atoms with E-state index in [1.807, 2.05) is 36.3 Å². The van der Waals surface area contributed by atoms with Gasteiger partial charge in [-0.15, -0.1) is 0 Å². The maximum Gasteiger partial charge on any atom is 0.109 e. The van der Waals surface area contributed by atoms with Crippen molar-refractivity contribution in [3.63, 3.8) is 0 Å². The summed E-state index contributed by atoms with van der Waals surface area (Å²) in [5, 5.41) is 3.39. The average Bonchev–Trinajstić information content (AvgIpc) is 2.73. The summed E-state index contributed by atoms with van der Waals surface area (Å²) in [6, 6.07) is 4.05. The van der Waals surface area contributed by atoms with E-state index in [9.17, 15) is 0 Å². The Labute approximate surface area is 102 Å². The average molecular weight is 230 g/mol. The molecule has 1 N–H and O–H groups in total. The summed E-state index contributed by atoms with van der Waals surface area (Å²) in [5.41, 5.74) is 2.35. The molecule has 0 radical (unpaired) electrons. The molecule has 2 aromatic rings. The molecule has 0 aliphatic rings. The fourth-order valence-corrected chi connectivity index (χ4v) is 1.75. The van der Waals surface area contributed by atoms with Crippen molar-refractivity contribution < 1.29 is 0 Å². The van der Waals surface area contributed by atoms with Crippen molar-refractivity contribution in [3.8, 4) is 0 Å². The summed E-state index contributed by atoms with van der Waals surface area (Å²) in [4.78, 5) is 8.63. The smallest absolute Gasteiger partial charge is 0.109 e. The van der Waals surface area contributed by atoms with Gasteiger partial charge in [0.05, 0.1) is 5.69 Å². The maximum atomic E-state index is 4.35. The van der Waals surface area contributed by atoms with Gasteiger partial charge in [0.15, 0.2) is 0 Å². The largest absolute Gasteiger partial charge is 0.338 e. The van der Waals surface area contributed by atoms with E-state index in [1.54, 1.807) is 0 Å². The normalized spacial score (nSPS) is 10.7. The number of rotatable bonds is 5. The molecule has 0 aromatic carbocycles. The Morgan fingerprint density at radius 1 is 1.29 bits per heavy atom. The monoisotopic (exact) mass is 230 g/mol. The van der Waals surface area contributed by atoms with Crippen molar-refractivity contribution in [1.29, 1.82) is 0 Å². The second-order valence-corrected chi connectivity index (χ2v) is 4.15. The number of aryl methyl sites for hydroxylation is 2. The molecule has 2 heterocycles. The van der Waals surface area contributed by atoms with Crippen LogP contribution >= 0.6 is 0 Å². The van der Waals surface area contributed by atoms with Crippen LogP contribution in [0.25, 0.3) is 0 Å². The Balaban J connectivity index is 1.77. The van der Waals surface area contributed by atoms with Gasteiger partial charge >= 0.3 is 0 Å². The van der Waals surface area contributed by atoms with Crippen LogP contribution in [-0.4, -0.2) is 21.1 Å². The van der Waals surface area contributed by atoms with Crippen LogP contribution in [0.4, 0.5) is 0 Å². The summed E-state index contributed by atoms with van der Waals surface area (Å²) in [5.74, 6) is 1.11. The molecular weight excluding hydrogens is 212 g/mol. The molecule has 90 valence electrons. The lowest BCUT2D eigenvalue weighted by atomic mass is 10.2. The van der Waals surface area contributed by atoms with Crippen molar-refractivity contribution in [2.75, 3.05) is 6.54 Å². The molecule has 2 aromatic heterocycles. The molecule has 0 amide bonds. The van der Waals surface area contributed by atoms with E-state index in [2.05, 4.69) is 28.3 Å². The molecule has 0 aliphatic carbocycles. The predicted molar refractivity (Wildman–Crippen MR) is 67.6 cm³/mol. The fourth-order valence-electron chi connectivity index (χ4n) is 1.75. The van der Waals surface area contributed by atoms with Crippen LogP contribution in [0.5, 0.6) is 0 Å². The van der Waals surface area contributed by atoms with E-state index in [1.165, 1.54) is 5.56 Å². The minimum Gasteiger partial charge on any atom is -0.338 e. The summed E-state index contributed by atoms with van der Waals surface area (Å²) in [6.07, 6.45) is 6.58. The zero-order chi connectivity index (χ0) is 12.1. The number of aromatic nitrogens is 3. The van der Waals surface area contributed by atoms with Crippen molar-refractivity contribution in [3.05, 3.63) is 47.8 Å². The van der Waals surface area contributed by atoms with E-state index in [0.717, 1.165) is 31.0 Å². The molecule has 4 nitrogen and oxygen atoms in total. The van der Waals surface area contributed by atoms with Crippen molar-refractivity contribution >= 4 is 0 Å². The molecule has 0 unspecified atom stereocenters. The Morgan fingerprint density at radius 3 is 2.88 bits per heavy atom. The number of hydrogen-bond acceptors (Lipinski definition) is 3. The Hall–Kier alpha value is -1.68. The minimum atomic E-state index is 0.817. The number of nitrogens with one attached hydrogen (secondary N) is 1. The molecule has 17 heavy (non-hydrogen) atoms. The molecular formula is C13H18N4. The molecule has 0 saturated carbocycles. The molecule has 0 aliphatic heterocycles. The van der Waals surface area contributed by atoms with E-state index in [0.29, 0.717) is 0 Å². The Kier molecular flexibility index (Phi) is 3.88. The lowest BCUT2D eigenvalue weighted by molar-refractivity contribution is 0.644. The Morgan fingerprint density at radius 2 is 2.18 bits per heavy atom. The van der Waals surface area contributed by atoms with Gasteiger partial charge < -0.3 is 9.88 Å². The van der Waals surface area contributed by atoms with Crippen LogP contribution in [-0.2, 0) is 20.0 Å². The number of hydrogen-bond donors (Lipinski definition) is 1. The van der Waals surface area contributed by atoms with Gasteiger partial charge in [0.1, 0.15) is 5.82 Å². The maximum absolute atomic E-state index is 4.35. The van der Waals surface area contributed by atoms with E-state index in [4.69, 9.17) is 0 Å². The highest BCUT2D eigenvalue weighted by atomic mass is 15.0. The van der Waals surface area contributed by atoms with E-state index >= 15 is 0 Å². The standard InChI is InChI=1S/C13H18N4/c1-11-4-3-6-15-12(11)10-14-7-5-13-16-8-9-17(13)2/h3-4,6,8-9,14H,5,7,10H2,1-2H3. The van der Waals surface area contributed by atoms with Crippen molar-refractivity contribution in [1.82, 2.24) is 19.9 Å². The van der Waals surface area contributed by atoms with Crippen molar-refractivity contribution in [2.24, 2.45) is 7.05 Å². The van der Waals surface area contributed by atoms with Crippen LogP contribution in [0.1, 0.15) is 17.1 Å². The second kappa shape index (κ2) is 5.59. The van der Waals surface area contributed by atoms with Gasteiger partial charge in [-0.25, -0.2) is 4.98 Å². The summed E-state index contributed by atoms with van der Waals surface area (Å²) < 4.78 is 2.05. The Bertz CT molecular complexity index is 476. The minimum absolute atomic E-state index is 0.817. The molecule has 0 bridgehead atoms. The predicted octanol–water partition coefficient (Wildman–Crippen LogP) is 1.46. The summed E-state index contributed by atoms with van der Waals surface area (Å²) in [7, 11) is 2.02. The van der Waals surface area contributed by atoms with Gasteiger partial charge in [0.2, 0.25) is 0 Å².